The number of morpholine rings is 1. The van der Waals surface area contributed by atoms with Crippen molar-refractivity contribution in [1.82, 2.24) is 10.2 Å². The van der Waals surface area contributed by atoms with Gasteiger partial charge in [0, 0.05) is 18.7 Å². The van der Waals surface area contributed by atoms with Crippen molar-refractivity contribution in [3.63, 3.8) is 0 Å². The van der Waals surface area contributed by atoms with Gasteiger partial charge < -0.3 is 15.0 Å². The number of halogens is 1. The van der Waals surface area contributed by atoms with Gasteiger partial charge in [-0.15, -0.1) is 0 Å². The zero-order valence-corrected chi connectivity index (χ0v) is 12.1. The van der Waals surface area contributed by atoms with E-state index in [1.807, 2.05) is 4.90 Å². The van der Waals surface area contributed by atoms with Gasteiger partial charge in [0.2, 0.25) is 5.91 Å². The molecule has 1 amide bonds. The minimum atomic E-state index is -0.361. The van der Waals surface area contributed by atoms with E-state index in [0.29, 0.717) is 25.3 Å². The number of carbonyl (C=O) groups excluding carboxylic acids is 1. The van der Waals surface area contributed by atoms with Crippen LogP contribution in [0.3, 0.4) is 0 Å². The summed E-state index contributed by atoms with van der Waals surface area (Å²) >= 11 is 0. The average molecular weight is 292 g/mol. The molecule has 2 saturated heterocycles. The van der Waals surface area contributed by atoms with Gasteiger partial charge in [-0.3, -0.25) is 4.79 Å². The Kier molecular flexibility index (Phi) is 4.51. The normalized spacial score (nSPS) is 26.6. The number of nitrogens with zero attached hydrogens (tertiary/aromatic N) is 1. The molecule has 21 heavy (non-hydrogen) atoms. The molecule has 0 aromatic heterocycles. The summed E-state index contributed by atoms with van der Waals surface area (Å²) in [5, 5.41) is 3.27. The van der Waals surface area contributed by atoms with Gasteiger partial charge in [0.05, 0.1) is 19.1 Å². The largest absolute Gasteiger partial charge is 0.370 e. The molecule has 2 aliphatic rings. The highest BCUT2D eigenvalue weighted by molar-refractivity contribution is 5.79. The first-order chi connectivity index (χ1) is 10.3. The fourth-order valence-electron chi connectivity index (χ4n) is 3.09. The maximum absolute atomic E-state index is 13.9. The monoisotopic (exact) mass is 292 g/mol. The molecule has 1 aromatic carbocycles. The number of hydrogen-bond donors (Lipinski definition) is 1. The standard InChI is InChI=1S/C16H21FN2O2/c17-14-6-2-1-5-13(14)15-11-19(8-9-21-15)16(20)12-4-3-7-18-10-12/h1-2,5-6,12,15,18H,3-4,7-11H2/t12-,15+/m0/s1. The zero-order valence-electron chi connectivity index (χ0n) is 12.1. The topological polar surface area (TPSA) is 41.6 Å². The van der Waals surface area contributed by atoms with Crippen LogP contribution >= 0.6 is 0 Å². The quantitative estimate of drug-likeness (QED) is 0.902. The fraction of sp³-hybridized carbons (Fsp3) is 0.562. The predicted octanol–water partition coefficient (Wildman–Crippen LogP) is 1.73. The van der Waals surface area contributed by atoms with Crippen LogP contribution in [0.1, 0.15) is 24.5 Å². The van der Waals surface area contributed by atoms with Crippen LogP contribution in [0.25, 0.3) is 0 Å². The molecular weight excluding hydrogens is 271 g/mol. The van der Waals surface area contributed by atoms with Gasteiger partial charge in [0.25, 0.3) is 0 Å². The molecule has 1 N–H and O–H groups in total. The highest BCUT2D eigenvalue weighted by atomic mass is 19.1. The lowest BCUT2D eigenvalue weighted by Gasteiger charge is -2.36. The van der Waals surface area contributed by atoms with Crippen LogP contribution in [0.2, 0.25) is 0 Å². The minimum absolute atomic E-state index is 0.0538. The molecule has 0 radical (unpaired) electrons. The summed E-state index contributed by atoms with van der Waals surface area (Å²) in [5.74, 6) is -0.0407. The molecule has 1 aromatic rings. The number of ether oxygens (including phenoxy) is 1. The molecule has 0 spiro atoms. The van der Waals surface area contributed by atoms with E-state index in [0.717, 1.165) is 25.9 Å². The molecule has 2 atom stereocenters. The van der Waals surface area contributed by atoms with Crippen LogP contribution in [0.4, 0.5) is 4.39 Å². The first kappa shape index (κ1) is 14.5. The van der Waals surface area contributed by atoms with E-state index in [1.165, 1.54) is 6.07 Å². The number of carbonyl (C=O) groups is 1. The summed E-state index contributed by atoms with van der Waals surface area (Å²) in [7, 11) is 0. The van der Waals surface area contributed by atoms with Crippen LogP contribution in [0, 0.1) is 11.7 Å². The molecule has 2 aliphatic heterocycles. The van der Waals surface area contributed by atoms with Crippen LogP contribution < -0.4 is 5.32 Å². The van der Waals surface area contributed by atoms with E-state index >= 15 is 0 Å². The molecule has 5 heteroatoms. The molecule has 114 valence electrons. The van der Waals surface area contributed by atoms with Crippen LogP contribution in [-0.4, -0.2) is 43.6 Å². The highest BCUT2D eigenvalue weighted by Crippen LogP contribution is 2.26. The number of hydrogen-bond acceptors (Lipinski definition) is 3. The van der Waals surface area contributed by atoms with Crippen LogP contribution in [-0.2, 0) is 9.53 Å². The lowest BCUT2D eigenvalue weighted by Crippen LogP contribution is -2.48. The number of rotatable bonds is 2. The molecule has 0 aliphatic carbocycles. The van der Waals surface area contributed by atoms with E-state index in [-0.39, 0.29) is 23.7 Å². The second kappa shape index (κ2) is 6.54. The van der Waals surface area contributed by atoms with Crippen molar-refractivity contribution in [2.45, 2.75) is 18.9 Å². The van der Waals surface area contributed by atoms with E-state index in [4.69, 9.17) is 4.74 Å². The maximum Gasteiger partial charge on any atom is 0.227 e. The molecule has 2 fully saturated rings. The van der Waals surface area contributed by atoms with E-state index in [9.17, 15) is 9.18 Å². The van der Waals surface area contributed by atoms with Gasteiger partial charge in [-0.2, -0.15) is 0 Å². The Bertz CT molecular complexity index is 503. The number of amides is 1. The van der Waals surface area contributed by atoms with Gasteiger partial charge in [-0.25, -0.2) is 4.39 Å². The molecule has 0 bridgehead atoms. The molecule has 3 rings (SSSR count). The second-order valence-corrected chi connectivity index (χ2v) is 5.71. The van der Waals surface area contributed by atoms with Gasteiger partial charge in [-0.05, 0) is 25.5 Å². The smallest absolute Gasteiger partial charge is 0.227 e. The lowest BCUT2D eigenvalue weighted by molar-refractivity contribution is -0.144. The Morgan fingerprint density at radius 3 is 3.00 bits per heavy atom. The predicted molar refractivity (Wildman–Crippen MR) is 77.3 cm³/mol. The van der Waals surface area contributed by atoms with Crippen molar-refractivity contribution in [1.29, 1.82) is 0 Å². The summed E-state index contributed by atoms with van der Waals surface area (Å²) in [6.07, 6.45) is 1.62. The minimum Gasteiger partial charge on any atom is -0.370 e. The molecule has 0 unspecified atom stereocenters. The Balaban J connectivity index is 1.68. The van der Waals surface area contributed by atoms with Crippen molar-refractivity contribution < 1.29 is 13.9 Å². The SMILES string of the molecule is O=C([C@H]1CCCNC1)N1CCO[C@@H](c2ccccc2F)C1. The summed E-state index contributed by atoms with van der Waals surface area (Å²) in [6, 6.07) is 6.63. The Labute approximate surface area is 124 Å². The summed E-state index contributed by atoms with van der Waals surface area (Å²) in [6.45, 7) is 3.24. The first-order valence-corrected chi connectivity index (χ1v) is 7.61. The summed E-state index contributed by atoms with van der Waals surface area (Å²) < 4.78 is 19.5. The van der Waals surface area contributed by atoms with Crippen LogP contribution in [0.15, 0.2) is 24.3 Å². The van der Waals surface area contributed by atoms with Crippen molar-refractivity contribution in [2.75, 3.05) is 32.8 Å². The number of piperidine rings is 1. The van der Waals surface area contributed by atoms with Gasteiger partial charge >= 0.3 is 0 Å². The van der Waals surface area contributed by atoms with E-state index in [2.05, 4.69) is 5.32 Å². The first-order valence-electron chi connectivity index (χ1n) is 7.61. The van der Waals surface area contributed by atoms with Gasteiger partial charge in [0.1, 0.15) is 11.9 Å². The summed E-state index contributed by atoms with van der Waals surface area (Å²) in [4.78, 5) is 14.4. The second-order valence-electron chi connectivity index (χ2n) is 5.71. The third-order valence-corrected chi connectivity index (χ3v) is 4.28. The molecule has 4 nitrogen and oxygen atoms in total. The molecule has 0 saturated carbocycles. The van der Waals surface area contributed by atoms with Crippen molar-refractivity contribution in [2.24, 2.45) is 5.92 Å². The zero-order chi connectivity index (χ0) is 14.7. The van der Waals surface area contributed by atoms with Crippen molar-refractivity contribution >= 4 is 5.91 Å². The maximum atomic E-state index is 13.9. The Morgan fingerprint density at radius 1 is 1.38 bits per heavy atom. The third kappa shape index (κ3) is 3.24. The number of benzene rings is 1. The van der Waals surface area contributed by atoms with E-state index < -0.39 is 0 Å². The average Bonchev–Trinajstić information content (AvgIpc) is 2.55. The van der Waals surface area contributed by atoms with Crippen molar-refractivity contribution in [3.05, 3.63) is 35.6 Å². The van der Waals surface area contributed by atoms with Crippen LogP contribution in [0.5, 0.6) is 0 Å². The highest BCUT2D eigenvalue weighted by Gasteiger charge is 2.31. The fourth-order valence-corrected chi connectivity index (χ4v) is 3.09. The third-order valence-electron chi connectivity index (χ3n) is 4.28. The Hall–Kier alpha value is -1.46. The van der Waals surface area contributed by atoms with Crippen molar-refractivity contribution in [3.8, 4) is 0 Å². The Morgan fingerprint density at radius 2 is 2.24 bits per heavy atom. The molecule has 2 heterocycles. The molecular formula is C16H21FN2O2. The lowest BCUT2D eigenvalue weighted by atomic mass is 9.97. The van der Waals surface area contributed by atoms with E-state index in [1.54, 1.807) is 18.2 Å². The summed E-state index contributed by atoms with van der Waals surface area (Å²) in [5.41, 5.74) is 0.539. The number of nitrogens with one attached hydrogen (secondary N) is 1. The van der Waals surface area contributed by atoms with Gasteiger partial charge in [0.15, 0.2) is 0 Å². The van der Waals surface area contributed by atoms with Gasteiger partial charge in [-0.1, -0.05) is 18.2 Å².